The molecule has 5 heteroatoms. The third-order valence-corrected chi connectivity index (χ3v) is 5.28. The van der Waals surface area contributed by atoms with Gasteiger partial charge in [-0.15, -0.1) is 0 Å². The van der Waals surface area contributed by atoms with E-state index < -0.39 is 0 Å². The molecule has 1 N–H and O–H groups in total. The number of nitrogens with zero attached hydrogens (tertiary/aromatic N) is 2. The van der Waals surface area contributed by atoms with E-state index in [0.717, 1.165) is 48.7 Å². The summed E-state index contributed by atoms with van der Waals surface area (Å²) in [4.78, 5) is 17.1. The van der Waals surface area contributed by atoms with E-state index in [0.29, 0.717) is 13.2 Å². The lowest BCUT2D eigenvalue weighted by atomic mass is 10.1. The molecule has 150 valence electrons. The maximum atomic E-state index is 12.5. The molecular formula is C24H27N3O2. The Bertz CT molecular complexity index is 981. The molecule has 0 saturated carbocycles. The number of rotatable bonds is 6. The quantitative estimate of drug-likeness (QED) is 0.692. The van der Waals surface area contributed by atoms with Crippen LogP contribution >= 0.6 is 0 Å². The first-order valence-electron chi connectivity index (χ1n) is 10.2. The molecule has 29 heavy (non-hydrogen) atoms. The summed E-state index contributed by atoms with van der Waals surface area (Å²) in [6.07, 6.45) is 0. The maximum Gasteiger partial charge on any atom is 0.238 e. The van der Waals surface area contributed by atoms with Gasteiger partial charge in [-0.3, -0.25) is 9.69 Å². The number of para-hydroxylation sites is 2. The lowest BCUT2D eigenvalue weighted by Crippen LogP contribution is -2.48. The van der Waals surface area contributed by atoms with Gasteiger partial charge in [0.1, 0.15) is 5.75 Å². The van der Waals surface area contributed by atoms with Crippen LogP contribution in [0.2, 0.25) is 0 Å². The van der Waals surface area contributed by atoms with E-state index in [4.69, 9.17) is 4.74 Å². The molecule has 3 aromatic rings. The van der Waals surface area contributed by atoms with Gasteiger partial charge in [0, 0.05) is 31.9 Å². The number of amides is 1. The van der Waals surface area contributed by atoms with E-state index in [1.165, 1.54) is 5.39 Å². The minimum Gasteiger partial charge on any atom is -0.492 e. The van der Waals surface area contributed by atoms with Gasteiger partial charge in [0.05, 0.1) is 18.8 Å². The van der Waals surface area contributed by atoms with Gasteiger partial charge < -0.3 is 15.0 Å². The molecule has 0 atom stereocenters. The van der Waals surface area contributed by atoms with Gasteiger partial charge in [0.2, 0.25) is 5.91 Å². The summed E-state index contributed by atoms with van der Waals surface area (Å²) >= 11 is 0. The number of benzene rings is 3. The minimum absolute atomic E-state index is 0.0310. The Morgan fingerprint density at radius 3 is 2.45 bits per heavy atom. The molecule has 0 aromatic heterocycles. The topological polar surface area (TPSA) is 44.8 Å². The Morgan fingerprint density at radius 1 is 0.931 bits per heavy atom. The van der Waals surface area contributed by atoms with Gasteiger partial charge in [-0.25, -0.2) is 0 Å². The zero-order valence-electron chi connectivity index (χ0n) is 16.8. The average Bonchev–Trinajstić information content (AvgIpc) is 2.75. The molecule has 1 heterocycles. The SMILES string of the molecule is CCOc1ccccc1N1CCN(CC(=O)Nc2ccc3ccccc3c2)CC1. The van der Waals surface area contributed by atoms with Crippen LogP contribution in [0.4, 0.5) is 11.4 Å². The summed E-state index contributed by atoms with van der Waals surface area (Å²) in [5.41, 5.74) is 1.98. The van der Waals surface area contributed by atoms with Gasteiger partial charge in [-0.2, -0.15) is 0 Å². The first-order valence-corrected chi connectivity index (χ1v) is 10.2. The van der Waals surface area contributed by atoms with Crippen molar-refractivity contribution in [2.45, 2.75) is 6.92 Å². The van der Waals surface area contributed by atoms with E-state index in [2.05, 4.69) is 33.3 Å². The maximum absolute atomic E-state index is 12.5. The predicted octanol–water partition coefficient (Wildman–Crippen LogP) is 4.00. The highest BCUT2D eigenvalue weighted by molar-refractivity contribution is 5.95. The van der Waals surface area contributed by atoms with Gasteiger partial charge in [-0.05, 0) is 42.0 Å². The summed E-state index contributed by atoms with van der Waals surface area (Å²) < 4.78 is 5.76. The molecule has 1 aliphatic rings. The first kappa shape index (κ1) is 19.3. The van der Waals surface area contributed by atoms with Crippen molar-refractivity contribution in [1.29, 1.82) is 0 Å². The van der Waals surface area contributed by atoms with Crippen molar-refractivity contribution < 1.29 is 9.53 Å². The fraction of sp³-hybridized carbons (Fsp3) is 0.292. The Balaban J connectivity index is 1.31. The van der Waals surface area contributed by atoms with Crippen LogP contribution in [0.25, 0.3) is 10.8 Å². The van der Waals surface area contributed by atoms with Crippen molar-refractivity contribution in [3.63, 3.8) is 0 Å². The molecule has 1 amide bonds. The number of anilines is 2. The van der Waals surface area contributed by atoms with Crippen LogP contribution in [0, 0.1) is 0 Å². The number of hydrogen-bond donors (Lipinski definition) is 1. The van der Waals surface area contributed by atoms with Gasteiger partial charge in [-0.1, -0.05) is 42.5 Å². The fourth-order valence-corrected chi connectivity index (χ4v) is 3.81. The molecule has 5 nitrogen and oxygen atoms in total. The Hall–Kier alpha value is -3.05. The molecule has 0 aliphatic carbocycles. The smallest absolute Gasteiger partial charge is 0.238 e. The zero-order valence-corrected chi connectivity index (χ0v) is 16.8. The summed E-state index contributed by atoms with van der Waals surface area (Å²) in [5.74, 6) is 0.959. The summed E-state index contributed by atoms with van der Waals surface area (Å²) in [7, 11) is 0. The van der Waals surface area contributed by atoms with Crippen LogP contribution in [-0.4, -0.2) is 50.1 Å². The number of carbonyl (C=O) groups is 1. The highest BCUT2D eigenvalue weighted by Gasteiger charge is 2.21. The molecular weight excluding hydrogens is 362 g/mol. The molecule has 1 saturated heterocycles. The van der Waals surface area contributed by atoms with E-state index in [1.54, 1.807) is 0 Å². The Morgan fingerprint density at radius 2 is 1.66 bits per heavy atom. The van der Waals surface area contributed by atoms with E-state index >= 15 is 0 Å². The number of ether oxygens (including phenoxy) is 1. The molecule has 0 radical (unpaired) electrons. The number of piperazine rings is 1. The molecule has 1 aliphatic heterocycles. The van der Waals surface area contributed by atoms with Crippen molar-refractivity contribution in [3.8, 4) is 5.75 Å². The lowest BCUT2D eigenvalue weighted by Gasteiger charge is -2.36. The monoisotopic (exact) mass is 389 g/mol. The fourth-order valence-electron chi connectivity index (χ4n) is 3.81. The van der Waals surface area contributed by atoms with Crippen molar-refractivity contribution in [3.05, 3.63) is 66.7 Å². The highest BCUT2D eigenvalue weighted by Crippen LogP contribution is 2.28. The summed E-state index contributed by atoms with van der Waals surface area (Å²) in [6, 6.07) is 22.4. The zero-order chi connectivity index (χ0) is 20.1. The van der Waals surface area contributed by atoms with E-state index in [1.807, 2.05) is 55.5 Å². The third-order valence-electron chi connectivity index (χ3n) is 5.28. The standard InChI is InChI=1S/C24H27N3O2/c1-2-29-23-10-6-5-9-22(23)27-15-13-26(14-16-27)18-24(28)25-21-12-11-19-7-3-4-8-20(19)17-21/h3-12,17H,2,13-16,18H2,1H3,(H,25,28). The second kappa shape index (κ2) is 8.97. The van der Waals surface area contributed by atoms with Crippen molar-refractivity contribution >= 4 is 28.1 Å². The summed E-state index contributed by atoms with van der Waals surface area (Å²) in [5, 5.41) is 5.34. The minimum atomic E-state index is 0.0310. The average molecular weight is 389 g/mol. The van der Waals surface area contributed by atoms with Gasteiger partial charge in [0.25, 0.3) is 0 Å². The summed E-state index contributed by atoms with van der Waals surface area (Å²) in [6.45, 7) is 6.54. The normalized spacial score (nSPS) is 14.7. The largest absolute Gasteiger partial charge is 0.492 e. The van der Waals surface area contributed by atoms with Crippen molar-refractivity contribution in [2.24, 2.45) is 0 Å². The Kier molecular flexibility index (Phi) is 5.96. The molecule has 4 rings (SSSR count). The molecule has 0 spiro atoms. The molecule has 0 bridgehead atoms. The van der Waals surface area contributed by atoms with Crippen LogP contribution in [0.1, 0.15) is 6.92 Å². The van der Waals surface area contributed by atoms with E-state index in [9.17, 15) is 4.79 Å². The van der Waals surface area contributed by atoms with Crippen LogP contribution in [0.5, 0.6) is 5.75 Å². The predicted molar refractivity (Wildman–Crippen MR) is 119 cm³/mol. The Labute approximate surface area is 171 Å². The second-order valence-corrected chi connectivity index (χ2v) is 7.27. The number of nitrogens with one attached hydrogen (secondary N) is 1. The van der Waals surface area contributed by atoms with Gasteiger partial charge >= 0.3 is 0 Å². The lowest BCUT2D eigenvalue weighted by molar-refractivity contribution is -0.117. The first-order chi connectivity index (χ1) is 14.2. The molecule has 0 unspecified atom stereocenters. The van der Waals surface area contributed by atoms with E-state index in [-0.39, 0.29) is 5.91 Å². The van der Waals surface area contributed by atoms with Gasteiger partial charge in [0.15, 0.2) is 0 Å². The van der Waals surface area contributed by atoms with Crippen LogP contribution in [-0.2, 0) is 4.79 Å². The van der Waals surface area contributed by atoms with Crippen LogP contribution < -0.4 is 15.0 Å². The van der Waals surface area contributed by atoms with Crippen molar-refractivity contribution in [2.75, 3.05) is 49.5 Å². The van der Waals surface area contributed by atoms with Crippen LogP contribution in [0.3, 0.4) is 0 Å². The van der Waals surface area contributed by atoms with Crippen LogP contribution in [0.15, 0.2) is 66.7 Å². The number of carbonyl (C=O) groups excluding carboxylic acids is 1. The molecule has 1 fully saturated rings. The number of hydrogen-bond acceptors (Lipinski definition) is 4. The highest BCUT2D eigenvalue weighted by atomic mass is 16.5. The third kappa shape index (κ3) is 4.69. The molecule has 3 aromatic carbocycles. The number of fused-ring (bicyclic) bond motifs is 1. The second-order valence-electron chi connectivity index (χ2n) is 7.27. The van der Waals surface area contributed by atoms with Crippen molar-refractivity contribution in [1.82, 2.24) is 4.90 Å².